The first-order chi connectivity index (χ1) is 34.5. The molecular formula is C52H100N6O13. The fourth-order valence-electron chi connectivity index (χ4n) is 11.3. The number of hydrogen-bond acceptors (Lipinski definition) is 19. The zero-order valence-corrected chi connectivity index (χ0v) is 43.8. The van der Waals surface area contributed by atoms with E-state index in [9.17, 15) is 30.6 Å². The molecule has 0 aliphatic carbocycles. The maximum Gasteiger partial charge on any atom is 0.0900 e. The molecule has 6 aliphatic heterocycles. The van der Waals surface area contributed by atoms with E-state index in [0.717, 1.165) is 156 Å². The van der Waals surface area contributed by atoms with Gasteiger partial charge in [-0.2, -0.15) is 0 Å². The Morgan fingerprint density at radius 1 is 0.239 bits per heavy atom. The Labute approximate surface area is 426 Å². The van der Waals surface area contributed by atoms with Crippen LogP contribution in [0.5, 0.6) is 0 Å². The molecule has 0 spiro atoms. The lowest BCUT2D eigenvalue weighted by atomic mass is 9.90. The van der Waals surface area contributed by atoms with Gasteiger partial charge in [-0.3, -0.25) is 0 Å². The predicted molar refractivity (Wildman–Crippen MR) is 271 cm³/mol. The first-order valence-corrected chi connectivity index (χ1v) is 28.0. The number of aliphatic hydroxyl groups excluding tert-OH is 6. The summed E-state index contributed by atoms with van der Waals surface area (Å²) in [6.45, 7) is 16.1. The summed E-state index contributed by atoms with van der Waals surface area (Å²) in [4.78, 5) is 13.5. The van der Waals surface area contributed by atoms with Gasteiger partial charge in [-0.1, -0.05) is 0 Å². The quantitative estimate of drug-likeness (QED) is 0.0471. The summed E-state index contributed by atoms with van der Waals surface area (Å²) in [7, 11) is 0. The van der Waals surface area contributed by atoms with Gasteiger partial charge in [0.1, 0.15) is 0 Å². The Bertz CT molecular complexity index is 1100. The Hall–Kier alpha value is -0.760. The van der Waals surface area contributed by atoms with Crippen molar-refractivity contribution < 1.29 is 63.8 Å². The summed E-state index contributed by atoms with van der Waals surface area (Å²) < 4.78 is 45.2. The van der Waals surface area contributed by atoms with E-state index in [-0.39, 0.29) is 92.5 Å². The molecule has 0 saturated carbocycles. The van der Waals surface area contributed by atoms with Crippen molar-refractivity contribution in [1.29, 1.82) is 0 Å². The fourth-order valence-corrected chi connectivity index (χ4v) is 11.3. The number of likely N-dealkylation sites (tertiary alicyclic amines) is 6. The molecular weight excluding hydrogens is 917 g/mol. The van der Waals surface area contributed by atoms with Gasteiger partial charge in [0.25, 0.3) is 0 Å². The van der Waals surface area contributed by atoms with Gasteiger partial charge in [0.05, 0.1) is 140 Å². The van der Waals surface area contributed by atoms with Gasteiger partial charge in [-0.15, -0.1) is 0 Å². The molecule has 0 aromatic rings. The van der Waals surface area contributed by atoms with E-state index in [1.54, 1.807) is 0 Å². The molecule has 19 nitrogen and oxygen atoms in total. The molecule has 0 radical (unpaired) electrons. The van der Waals surface area contributed by atoms with Crippen molar-refractivity contribution in [1.82, 2.24) is 29.4 Å². The van der Waals surface area contributed by atoms with Crippen molar-refractivity contribution >= 4 is 0 Å². The monoisotopic (exact) mass is 1020 g/mol. The highest BCUT2D eigenvalue weighted by Gasteiger charge is 2.38. The van der Waals surface area contributed by atoms with Crippen LogP contribution in [-0.4, -0.2) is 307 Å². The molecule has 19 heteroatoms. The smallest absolute Gasteiger partial charge is 0.0900 e. The zero-order chi connectivity index (χ0) is 50.0. The molecule has 6 rings (SSSR count). The summed E-state index contributed by atoms with van der Waals surface area (Å²) in [5.74, 6) is 0. The van der Waals surface area contributed by atoms with Crippen LogP contribution in [0.15, 0.2) is 0 Å². The van der Waals surface area contributed by atoms with Gasteiger partial charge < -0.3 is 93.2 Å². The second-order valence-corrected chi connectivity index (χ2v) is 22.6. The van der Waals surface area contributed by atoms with E-state index < -0.39 is 47.5 Å². The molecule has 6 heterocycles. The number of aliphatic hydroxyl groups is 6. The molecule has 0 aromatic heterocycles. The van der Waals surface area contributed by atoms with Gasteiger partial charge in [0, 0.05) is 39.3 Å². The van der Waals surface area contributed by atoms with Crippen molar-refractivity contribution in [3.8, 4) is 0 Å². The van der Waals surface area contributed by atoms with E-state index in [4.69, 9.17) is 33.2 Å². The van der Waals surface area contributed by atoms with Crippen LogP contribution in [0.3, 0.4) is 0 Å². The Kier molecular flexibility index (Phi) is 28.0. The molecule has 6 atom stereocenters. The SMILES string of the molecule is OC(COCC(COCC(O)CN1CCCC1)(COCC(O)CN1CCCC1)COCC(COCC(O)CN1CCCC1)(COCC(O)CN1CCCC1)COCC(O)CN1CCCC1)CN1CCCC1. The number of rotatable bonds is 40. The second-order valence-electron chi connectivity index (χ2n) is 22.6. The van der Waals surface area contributed by atoms with Crippen LogP contribution in [0.1, 0.15) is 77.0 Å². The minimum Gasteiger partial charge on any atom is -0.389 e. The highest BCUT2D eigenvalue weighted by Crippen LogP contribution is 2.27. The maximum absolute atomic E-state index is 11.1. The van der Waals surface area contributed by atoms with E-state index >= 15 is 0 Å². The zero-order valence-electron chi connectivity index (χ0n) is 43.8. The molecule has 6 N–H and O–H groups in total. The predicted octanol–water partition coefficient (Wildman–Crippen LogP) is -0.184. The van der Waals surface area contributed by atoms with Gasteiger partial charge in [0.2, 0.25) is 0 Å². The third-order valence-corrected chi connectivity index (χ3v) is 15.1. The topological polar surface area (TPSA) is 205 Å². The first kappa shape index (κ1) is 59.5. The van der Waals surface area contributed by atoms with E-state index in [1.165, 1.54) is 0 Å². The van der Waals surface area contributed by atoms with Gasteiger partial charge >= 0.3 is 0 Å². The Balaban J connectivity index is 1.18. The fraction of sp³-hybridized carbons (Fsp3) is 1.00. The van der Waals surface area contributed by atoms with Crippen molar-refractivity contribution in [3.63, 3.8) is 0 Å². The minimum atomic E-state index is -0.938. The average molecular weight is 1020 g/mol. The average Bonchev–Trinajstić information content (AvgIpc) is 4.19. The summed E-state index contributed by atoms with van der Waals surface area (Å²) >= 11 is 0. The second kappa shape index (κ2) is 33.4. The number of ether oxygens (including phenoxy) is 7. The van der Waals surface area contributed by atoms with Crippen LogP contribution >= 0.6 is 0 Å². The summed E-state index contributed by atoms with van der Waals surface area (Å²) in [5, 5.41) is 66.7. The molecule has 6 saturated heterocycles. The van der Waals surface area contributed by atoms with Crippen molar-refractivity contribution in [3.05, 3.63) is 0 Å². The van der Waals surface area contributed by atoms with Crippen LogP contribution < -0.4 is 0 Å². The maximum atomic E-state index is 11.1. The van der Waals surface area contributed by atoms with Crippen molar-refractivity contribution in [2.45, 2.75) is 114 Å². The van der Waals surface area contributed by atoms with Crippen LogP contribution in [0.25, 0.3) is 0 Å². The molecule has 6 unspecified atom stereocenters. The van der Waals surface area contributed by atoms with Gasteiger partial charge in [-0.05, 0) is 156 Å². The highest BCUT2D eigenvalue weighted by molar-refractivity contribution is 4.86. The molecule has 6 fully saturated rings. The molecule has 0 bridgehead atoms. The third kappa shape index (κ3) is 23.6. The highest BCUT2D eigenvalue weighted by atomic mass is 16.5. The Morgan fingerprint density at radius 3 is 0.535 bits per heavy atom. The van der Waals surface area contributed by atoms with Crippen LogP contribution in [-0.2, 0) is 33.2 Å². The Morgan fingerprint density at radius 2 is 0.380 bits per heavy atom. The van der Waals surface area contributed by atoms with Crippen molar-refractivity contribution in [2.24, 2.45) is 10.8 Å². The standard InChI is InChI=1S/C52H100N6O13/c59-45(25-53-13-1-2-14-53)31-65-37-51(38-66-32-46(60)26-54-15-3-4-16-54,39-67-33-47(61)27-55-17-5-6-18-55)43-71-44-52(40-68-34-48(62)28-56-19-7-8-20-56,41-69-35-49(63)29-57-21-9-10-22-57)42-70-36-50(64)30-58-23-11-12-24-58/h45-50,59-64H,1-44H2. The van der Waals surface area contributed by atoms with Gasteiger partial charge in [0.15, 0.2) is 0 Å². The van der Waals surface area contributed by atoms with Crippen LogP contribution in [0.4, 0.5) is 0 Å². The normalized spacial score (nSPS) is 24.8. The van der Waals surface area contributed by atoms with E-state index in [0.29, 0.717) is 39.3 Å². The number of nitrogens with zero attached hydrogens (tertiary/aromatic N) is 6. The van der Waals surface area contributed by atoms with Crippen molar-refractivity contribution in [2.75, 3.05) is 210 Å². The van der Waals surface area contributed by atoms with Crippen LogP contribution in [0, 0.1) is 10.8 Å². The minimum absolute atomic E-state index is 0.0775. The molecule has 0 aromatic carbocycles. The molecule has 416 valence electrons. The summed E-state index contributed by atoms with van der Waals surface area (Å²) in [6, 6.07) is 0. The summed E-state index contributed by atoms with van der Waals surface area (Å²) in [6.07, 6.45) is 9.29. The largest absolute Gasteiger partial charge is 0.389 e. The summed E-state index contributed by atoms with van der Waals surface area (Å²) in [5.41, 5.74) is -1.88. The van der Waals surface area contributed by atoms with Crippen LogP contribution in [0.2, 0.25) is 0 Å². The lowest BCUT2D eigenvalue weighted by Crippen LogP contribution is -2.48. The molecule has 71 heavy (non-hydrogen) atoms. The number of hydrogen-bond donors (Lipinski definition) is 6. The van der Waals surface area contributed by atoms with E-state index in [1.807, 2.05) is 0 Å². The lowest BCUT2D eigenvalue weighted by molar-refractivity contribution is -0.158. The lowest BCUT2D eigenvalue weighted by Gasteiger charge is -2.37. The molecule has 6 aliphatic rings. The van der Waals surface area contributed by atoms with Gasteiger partial charge in [-0.25, -0.2) is 0 Å². The third-order valence-electron chi connectivity index (χ3n) is 15.1. The molecule has 0 amide bonds. The number of β-amino-alcohol motifs (C(OH)–C–C–N with tert-alkyl or cyclic N) is 6. The van der Waals surface area contributed by atoms with E-state index in [2.05, 4.69) is 29.4 Å². The first-order valence-electron chi connectivity index (χ1n) is 28.0.